The first-order chi connectivity index (χ1) is 15.5. The smallest absolute Gasteiger partial charge is 0.255 e. The zero-order valence-electron chi connectivity index (χ0n) is 18.5. The Hall–Kier alpha value is -3.19. The summed E-state index contributed by atoms with van der Waals surface area (Å²) in [6.45, 7) is 7.25. The lowest BCUT2D eigenvalue weighted by atomic mass is 10.1. The minimum atomic E-state index is -0.113. The van der Waals surface area contributed by atoms with Crippen molar-refractivity contribution >= 4 is 21.8 Å². The van der Waals surface area contributed by atoms with E-state index in [9.17, 15) is 4.79 Å². The number of rotatable bonds is 7. The van der Waals surface area contributed by atoms with E-state index in [0.717, 1.165) is 45.8 Å². The van der Waals surface area contributed by atoms with Crippen LogP contribution in [-0.4, -0.2) is 32.0 Å². The molecule has 0 aliphatic heterocycles. The van der Waals surface area contributed by atoms with Crippen LogP contribution in [0.2, 0.25) is 0 Å². The molecule has 0 saturated heterocycles. The van der Waals surface area contributed by atoms with Crippen LogP contribution in [0.25, 0.3) is 16.9 Å². The number of hydrogen-bond acceptors (Lipinski definition) is 3. The molecule has 0 saturated carbocycles. The Labute approximate surface area is 196 Å². The second kappa shape index (κ2) is 9.53. The van der Waals surface area contributed by atoms with E-state index in [2.05, 4.69) is 26.3 Å². The van der Waals surface area contributed by atoms with Crippen molar-refractivity contribution in [2.24, 2.45) is 0 Å². The fraction of sp³-hybridized carbons (Fsp3) is 0.240. The predicted octanol–water partition coefficient (Wildman–Crippen LogP) is 5.24. The van der Waals surface area contributed by atoms with Gasteiger partial charge in [0.05, 0.1) is 27.1 Å². The summed E-state index contributed by atoms with van der Waals surface area (Å²) in [5.74, 6) is -0.113. The number of amides is 1. The molecule has 0 atom stereocenters. The number of hydrogen-bond donors (Lipinski definition) is 1. The van der Waals surface area contributed by atoms with Gasteiger partial charge in [-0.2, -0.15) is 10.2 Å². The third-order valence-corrected chi connectivity index (χ3v) is 6.66. The molecule has 0 fully saturated rings. The highest BCUT2D eigenvalue weighted by Gasteiger charge is 2.22. The number of para-hydroxylation sites is 1. The normalized spacial score (nSPS) is 11.0. The molecule has 4 rings (SSSR count). The van der Waals surface area contributed by atoms with Gasteiger partial charge in [0.1, 0.15) is 5.69 Å². The molecule has 2 heterocycles. The maximum absolute atomic E-state index is 13.2. The van der Waals surface area contributed by atoms with Crippen LogP contribution in [0.15, 0.2) is 65.1 Å². The molecule has 2 aromatic heterocycles. The minimum absolute atomic E-state index is 0.113. The Kier molecular flexibility index (Phi) is 6.55. The molecule has 0 aliphatic rings. The van der Waals surface area contributed by atoms with Crippen LogP contribution in [-0.2, 0) is 6.54 Å². The minimum Gasteiger partial charge on any atom is -0.352 e. The Balaban J connectivity index is 1.55. The van der Waals surface area contributed by atoms with E-state index < -0.39 is 0 Å². The van der Waals surface area contributed by atoms with Gasteiger partial charge in [0.2, 0.25) is 0 Å². The molecular formula is C25H26BrN5O. The van der Waals surface area contributed by atoms with Crippen molar-refractivity contribution in [1.29, 1.82) is 0 Å². The van der Waals surface area contributed by atoms with Crippen molar-refractivity contribution in [3.8, 4) is 16.9 Å². The second-order valence-corrected chi connectivity index (χ2v) is 8.53. The van der Waals surface area contributed by atoms with Crippen molar-refractivity contribution in [2.75, 3.05) is 6.54 Å². The number of nitrogens with one attached hydrogen (secondary N) is 1. The summed E-state index contributed by atoms with van der Waals surface area (Å²) in [5, 5.41) is 12.4. The number of nitrogens with zero attached hydrogens (tertiary/aromatic N) is 4. The zero-order valence-corrected chi connectivity index (χ0v) is 20.1. The maximum atomic E-state index is 13.2. The summed E-state index contributed by atoms with van der Waals surface area (Å²) in [6.07, 6.45) is 0.784. The molecule has 164 valence electrons. The Morgan fingerprint density at radius 1 is 0.938 bits per heavy atom. The van der Waals surface area contributed by atoms with E-state index in [1.807, 2.05) is 90.8 Å². The highest BCUT2D eigenvalue weighted by Crippen LogP contribution is 2.27. The number of aryl methyl sites for hydroxylation is 2. The zero-order chi connectivity index (χ0) is 22.7. The third-order valence-electron chi connectivity index (χ3n) is 5.52. The first kappa shape index (κ1) is 22.0. The van der Waals surface area contributed by atoms with E-state index in [-0.39, 0.29) is 5.91 Å². The van der Waals surface area contributed by atoms with Crippen molar-refractivity contribution < 1.29 is 4.79 Å². The first-order valence-corrected chi connectivity index (χ1v) is 11.4. The van der Waals surface area contributed by atoms with Crippen LogP contribution in [0.1, 0.15) is 33.9 Å². The summed E-state index contributed by atoms with van der Waals surface area (Å²) in [6, 6.07) is 19.7. The number of aromatic nitrogens is 4. The van der Waals surface area contributed by atoms with E-state index >= 15 is 0 Å². The summed E-state index contributed by atoms with van der Waals surface area (Å²) >= 11 is 3.56. The number of carbonyl (C=O) groups excluding carboxylic acids is 1. The SMILES string of the molecule is Cc1nn(CCCNC(=O)c2c(-c3ccccc3)nn(-c3ccccc3)c2C)c(C)c1Br. The highest BCUT2D eigenvalue weighted by molar-refractivity contribution is 9.10. The van der Waals surface area contributed by atoms with Gasteiger partial charge in [-0.15, -0.1) is 0 Å². The van der Waals surface area contributed by atoms with Gasteiger partial charge in [-0.1, -0.05) is 48.5 Å². The van der Waals surface area contributed by atoms with E-state index in [4.69, 9.17) is 5.10 Å². The standard InChI is InChI=1S/C25H26BrN5O/c1-17-23(26)19(3)30(28-17)16-10-15-27-25(32)22-18(2)31(21-13-8-5-9-14-21)29-24(22)20-11-6-4-7-12-20/h4-9,11-14H,10,15-16H2,1-3H3,(H,27,32). The molecule has 0 radical (unpaired) electrons. The van der Waals surface area contributed by atoms with Gasteiger partial charge in [-0.05, 0) is 55.3 Å². The van der Waals surface area contributed by atoms with E-state index in [1.165, 1.54) is 0 Å². The Morgan fingerprint density at radius 2 is 1.59 bits per heavy atom. The van der Waals surface area contributed by atoms with Gasteiger partial charge < -0.3 is 5.32 Å². The Morgan fingerprint density at radius 3 is 2.22 bits per heavy atom. The van der Waals surface area contributed by atoms with Crippen molar-refractivity contribution in [1.82, 2.24) is 24.9 Å². The number of halogens is 1. The lowest BCUT2D eigenvalue weighted by molar-refractivity contribution is 0.0952. The van der Waals surface area contributed by atoms with Crippen LogP contribution in [0.5, 0.6) is 0 Å². The summed E-state index contributed by atoms with van der Waals surface area (Å²) in [5.41, 5.74) is 6.03. The molecule has 4 aromatic rings. The largest absolute Gasteiger partial charge is 0.352 e. The highest BCUT2D eigenvalue weighted by atomic mass is 79.9. The topological polar surface area (TPSA) is 64.7 Å². The fourth-order valence-electron chi connectivity index (χ4n) is 3.80. The van der Waals surface area contributed by atoms with Gasteiger partial charge in [0.25, 0.3) is 5.91 Å². The quantitative estimate of drug-likeness (QED) is 0.359. The molecule has 0 spiro atoms. The average Bonchev–Trinajstić information content (AvgIpc) is 3.29. The fourth-order valence-corrected chi connectivity index (χ4v) is 4.09. The first-order valence-electron chi connectivity index (χ1n) is 10.7. The molecule has 6 nitrogen and oxygen atoms in total. The lowest BCUT2D eigenvalue weighted by Crippen LogP contribution is -2.26. The molecule has 1 amide bonds. The Bertz CT molecular complexity index is 1230. The molecule has 7 heteroatoms. The summed E-state index contributed by atoms with van der Waals surface area (Å²) < 4.78 is 4.85. The second-order valence-electron chi connectivity index (χ2n) is 7.74. The molecule has 0 bridgehead atoms. The number of benzene rings is 2. The molecular weight excluding hydrogens is 466 g/mol. The van der Waals surface area contributed by atoms with Crippen molar-refractivity contribution in [3.05, 3.63) is 87.8 Å². The van der Waals surface area contributed by atoms with Crippen LogP contribution in [0.3, 0.4) is 0 Å². The molecule has 0 aliphatic carbocycles. The van der Waals surface area contributed by atoms with Crippen LogP contribution in [0.4, 0.5) is 0 Å². The van der Waals surface area contributed by atoms with Gasteiger partial charge in [0, 0.05) is 24.3 Å². The molecule has 1 N–H and O–H groups in total. The van der Waals surface area contributed by atoms with Crippen LogP contribution < -0.4 is 5.32 Å². The molecule has 2 aromatic carbocycles. The van der Waals surface area contributed by atoms with Crippen molar-refractivity contribution in [2.45, 2.75) is 33.7 Å². The third kappa shape index (κ3) is 4.39. The van der Waals surface area contributed by atoms with Crippen LogP contribution in [0, 0.1) is 20.8 Å². The summed E-state index contributed by atoms with van der Waals surface area (Å²) in [7, 11) is 0. The van der Waals surface area contributed by atoms with Gasteiger partial charge in [0.15, 0.2) is 0 Å². The molecule has 32 heavy (non-hydrogen) atoms. The average molecular weight is 492 g/mol. The van der Waals surface area contributed by atoms with E-state index in [1.54, 1.807) is 0 Å². The lowest BCUT2D eigenvalue weighted by Gasteiger charge is -2.08. The number of carbonyl (C=O) groups is 1. The van der Waals surface area contributed by atoms with Crippen LogP contribution >= 0.6 is 15.9 Å². The van der Waals surface area contributed by atoms with Crippen molar-refractivity contribution in [3.63, 3.8) is 0 Å². The van der Waals surface area contributed by atoms with Gasteiger partial charge in [-0.3, -0.25) is 9.48 Å². The summed E-state index contributed by atoms with van der Waals surface area (Å²) in [4.78, 5) is 13.2. The maximum Gasteiger partial charge on any atom is 0.255 e. The van der Waals surface area contributed by atoms with Gasteiger partial charge >= 0.3 is 0 Å². The predicted molar refractivity (Wildman–Crippen MR) is 130 cm³/mol. The van der Waals surface area contributed by atoms with Gasteiger partial charge in [-0.25, -0.2) is 4.68 Å². The monoisotopic (exact) mass is 491 g/mol. The molecule has 0 unspecified atom stereocenters. The van der Waals surface area contributed by atoms with E-state index in [0.29, 0.717) is 17.8 Å².